The fraction of sp³-hybridized carbons (Fsp3) is 0.706. The van der Waals surface area contributed by atoms with Gasteiger partial charge in [0.1, 0.15) is 42.3 Å². The van der Waals surface area contributed by atoms with Crippen molar-refractivity contribution in [3.05, 3.63) is 0 Å². The molecule has 320 valence electrons. The molecule has 2 rings (SSSR count). The van der Waals surface area contributed by atoms with Crippen LogP contribution < -0.4 is 44.2 Å². The van der Waals surface area contributed by atoms with Crippen LogP contribution in [0, 0.1) is 0 Å². The monoisotopic (exact) mass is 812 g/mol. The van der Waals surface area contributed by atoms with E-state index in [0.717, 1.165) is 4.90 Å². The van der Waals surface area contributed by atoms with Crippen LogP contribution in [0.25, 0.3) is 0 Å². The van der Waals surface area contributed by atoms with E-state index in [-0.39, 0.29) is 58.2 Å². The molecule has 0 radical (unpaired) electrons. The molecule has 0 aromatic heterocycles. The number of aliphatic hydroxyl groups is 1. The van der Waals surface area contributed by atoms with Gasteiger partial charge in [0, 0.05) is 25.9 Å². The Morgan fingerprint density at radius 2 is 1.16 bits per heavy atom. The number of nitrogens with zero attached hydrogens (tertiary/aromatic N) is 2. The summed E-state index contributed by atoms with van der Waals surface area (Å²) in [6.45, 7) is 1.64. The number of carboxylic acids is 2. The third-order valence-corrected chi connectivity index (χ3v) is 9.66. The molecule has 2 heterocycles. The van der Waals surface area contributed by atoms with Crippen molar-refractivity contribution in [2.75, 3.05) is 19.6 Å². The average molecular weight is 813 g/mol. The lowest BCUT2D eigenvalue weighted by Gasteiger charge is -2.30. The molecule has 23 nitrogen and oxygen atoms in total. The molecular weight excluding hydrogens is 756 g/mol. The minimum absolute atomic E-state index is 0.0162. The Morgan fingerprint density at radius 1 is 0.667 bits per heavy atom. The predicted octanol–water partition coefficient (Wildman–Crippen LogP) is -5.17. The number of amides is 8. The van der Waals surface area contributed by atoms with Gasteiger partial charge in [-0.1, -0.05) is 0 Å². The highest BCUT2D eigenvalue weighted by atomic mass is 16.4. The number of aliphatic hydroxyl groups excluding tert-OH is 1. The quantitative estimate of drug-likeness (QED) is 0.0406. The fourth-order valence-electron chi connectivity index (χ4n) is 6.53. The van der Waals surface area contributed by atoms with Gasteiger partial charge in [-0.25, -0.2) is 4.79 Å². The Hall–Kier alpha value is -5.42. The first-order valence-corrected chi connectivity index (χ1v) is 18.8. The Balaban J connectivity index is 2.30. The fourth-order valence-corrected chi connectivity index (χ4v) is 6.53. The zero-order valence-electron chi connectivity index (χ0n) is 31.9. The second kappa shape index (κ2) is 23.0. The molecule has 2 fully saturated rings. The summed E-state index contributed by atoms with van der Waals surface area (Å²) in [6.07, 6.45) is -2.04. The van der Waals surface area contributed by atoms with E-state index >= 15 is 0 Å². The number of likely N-dealkylation sites (tertiary alicyclic amines) is 2. The second-order valence-corrected chi connectivity index (χ2v) is 14.1. The summed E-state index contributed by atoms with van der Waals surface area (Å²) < 4.78 is 0. The number of nitrogens with one attached hydrogen (secondary N) is 4. The van der Waals surface area contributed by atoms with Crippen molar-refractivity contribution in [1.29, 1.82) is 0 Å². The number of rotatable bonds is 24. The molecule has 0 aromatic carbocycles. The molecule has 57 heavy (non-hydrogen) atoms. The first-order chi connectivity index (χ1) is 26.8. The third-order valence-electron chi connectivity index (χ3n) is 9.66. The maximum Gasteiger partial charge on any atom is 0.326 e. The molecule has 0 bridgehead atoms. The number of carbonyl (C=O) groups excluding carboxylic acids is 8. The standard InChI is InChI=1S/C34H56N10O13/c1-17(45)27(38)33(55)44-15-5-8-23(44)30(52)40-19(10-12-26(48)49)29(51)39-18(6-2-3-13-35)28(50)42-21(16-25(37)47)32(54)43-14-4-7-22(43)31(53)41-20(34(56)57)9-11-24(36)46/h17-23,27,45H,2-16,35,38H2,1H3,(H2,36,46)(H2,37,47)(H,39,51)(H,40,52)(H,41,53)(H,42,50)(H,48,49)(H,56,57)/t17-,18+,19+,20+,21+,22+,23+,27+/m1/s1. The molecular formula is C34H56N10O13. The van der Waals surface area contributed by atoms with Crippen molar-refractivity contribution in [2.24, 2.45) is 22.9 Å². The minimum Gasteiger partial charge on any atom is -0.481 e. The summed E-state index contributed by atoms with van der Waals surface area (Å²) in [5.41, 5.74) is 21.9. The van der Waals surface area contributed by atoms with Crippen molar-refractivity contribution in [2.45, 2.75) is 132 Å². The van der Waals surface area contributed by atoms with E-state index in [1.807, 2.05) is 0 Å². The number of carbonyl (C=O) groups is 10. The zero-order chi connectivity index (χ0) is 43.0. The van der Waals surface area contributed by atoms with E-state index in [1.165, 1.54) is 11.8 Å². The van der Waals surface area contributed by atoms with Gasteiger partial charge in [0.2, 0.25) is 47.3 Å². The van der Waals surface area contributed by atoms with Crippen molar-refractivity contribution in [1.82, 2.24) is 31.1 Å². The van der Waals surface area contributed by atoms with E-state index < -0.39 is 127 Å². The number of unbranched alkanes of at least 4 members (excludes halogenated alkanes) is 1. The van der Waals surface area contributed by atoms with Crippen molar-refractivity contribution in [3.8, 4) is 0 Å². The summed E-state index contributed by atoms with van der Waals surface area (Å²) in [5, 5.41) is 38.3. The molecule has 0 spiro atoms. The lowest BCUT2D eigenvalue weighted by atomic mass is 10.0. The first kappa shape index (κ1) is 47.7. The van der Waals surface area contributed by atoms with E-state index in [2.05, 4.69) is 21.3 Å². The number of aliphatic carboxylic acids is 2. The lowest BCUT2D eigenvalue weighted by Crippen LogP contribution is -2.60. The van der Waals surface area contributed by atoms with Gasteiger partial charge >= 0.3 is 11.9 Å². The van der Waals surface area contributed by atoms with Gasteiger partial charge in [-0.05, 0) is 71.3 Å². The van der Waals surface area contributed by atoms with Crippen molar-refractivity contribution in [3.63, 3.8) is 0 Å². The lowest BCUT2D eigenvalue weighted by molar-refractivity contribution is -0.145. The number of hydrogen-bond acceptors (Lipinski definition) is 13. The Kier molecular flexibility index (Phi) is 19.2. The molecule has 0 saturated carbocycles. The smallest absolute Gasteiger partial charge is 0.326 e. The van der Waals surface area contributed by atoms with Crippen LogP contribution in [0.2, 0.25) is 0 Å². The van der Waals surface area contributed by atoms with Crippen LogP contribution in [0.1, 0.15) is 84.0 Å². The first-order valence-electron chi connectivity index (χ1n) is 18.8. The number of nitrogens with two attached hydrogens (primary N) is 4. The van der Waals surface area contributed by atoms with E-state index in [4.69, 9.17) is 22.9 Å². The van der Waals surface area contributed by atoms with Crippen molar-refractivity contribution >= 4 is 59.2 Å². The highest BCUT2D eigenvalue weighted by Crippen LogP contribution is 2.21. The molecule has 0 unspecified atom stereocenters. The van der Waals surface area contributed by atoms with Crippen LogP contribution in [0.3, 0.4) is 0 Å². The molecule has 2 aliphatic heterocycles. The topological polar surface area (TPSA) is 390 Å². The number of carboxylic acid groups (broad SMARTS) is 2. The van der Waals surface area contributed by atoms with Gasteiger partial charge in [-0.15, -0.1) is 0 Å². The average Bonchev–Trinajstić information content (AvgIpc) is 3.84. The highest BCUT2D eigenvalue weighted by molar-refractivity contribution is 5.98. The molecule has 0 aromatic rings. The second-order valence-electron chi connectivity index (χ2n) is 14.1. The van der Waals surface area contributed by atoms with Gasteiger partial charge in [-0.3, -0.25) is 43.2 Å². The summed E-state index contributed by atoms with van der Waals surface area (Å²) in [5.74, 6) is -9.77. The van der Waals surface area contributed by atoms with E-state index in [0.29, 0.717) is 19.3 Å². The summed E-state index contributed by atoms with van der Waals surface area (Å²) in [7, 11) is 0. The summed E-state index contributed by atoms with van der Waals surface area (Å²) in [4.78, 5) is 129. The van der Waals surface area contributed by atoms with Crippen LogP contribution in [-0.2, 0) is 47.9 Å². The van der Waals surface area contributed by atoms with Crippen LogP contribution >= 0.6 is 0 Å². The van der Waals surface area contributed by atoms with Crippen LogP contribution in [0.15, 0.2) is 0 Å². The van der Waals surface area contributed by atoms with E-state index in [1.54, 1.807) is 0 Å². The maximum absolute atomic E-state index is 13.8. The normalized spacial score (nSPS) is 19.6. The number of hydrogen-bond donors (Lipinski definition) is 11. The van der Waals surface area contributed by atoms with Gasteiger partial charge in [-0.2, -0.15) is 0 Å². The molecule has 23 heteroatoms. The largest absolute Gasteiger partial charge is 0.481 e. The zero-order valence-corrected chi connectivity index (χ0v) is 31.9. The Morgan fingerprint density at radius 3 is 1.63 bits per heavy atom. The van der Waals surface area contributed by atoms with Gasteiger partial charge in [0.15, 0.2) is 0 Å². The predicted molar refractivity (Wildman–Crippen MR) is 196 cm³/mol. The summed E-state index contributed by atoms with van der Waals surface area (Å²) in [6, 6.07) is -9.72. The Labute approximate surface area is 328 Å². The number of primary amides is 2. The molecule has 0 aliphatic carbocycles. The summed E-state index contributed by atoms with van der Waals surface area (Å²) >= 11 is 0. The van der Waals surface area contributed by atoms with Gasteiger partial charge in [0.05, 0.1) is 12.5 Å². The SMILES string of the molecule is C[C@@H](O)[C@H](N)C(=O)N1CCC[C@H]1C(=O)N[C@@H](CCC(=O)O)C(=O)N[C@@H](CCCCN)C(=O)N[C@@H](CC(N)=O)C(=O)N1CCC[C@H]1C(=O)N[C@@H](CCC(N)=O)C(=O)O. The molecule has 8 amide bonds. The molecule has 2 saturated heterocycles. The van der Waals surface area contributed by atoms with Crippen LogP contribution in [0.5, 0.6) is 0 Å². The van der Waals surface area contributed by atoms with E-state index in [9.17, 15) is 63.3 Å². The van der Waals surface area contributed by atoms with Gasteiger partial charge < -0.3 is 69.3 Å². The van der Waals surface area contributed by atoms with Crippen molar-refractivity contribution < 1.29 is 63.3 Å². The minimum atomic E-state index is -1.65. The molecule has 2 aliphatic rings. The Bertz CT molecular complexity index is 1510. The third kappa shape index (κ3) is 14.9. The highest BCUT2D eigenvalue weighted by Gasteiger charge is 2.41. The van der Waals surface area contributed by atoms with Gasteiger partial charge in [0.25, 0.3) is 0 Å². The maximum atomic E-state index is 13.8. The molecule has 8 atom stereocenters. The molecule has 15 N–H and O–H groups in total. The van der Waals surface area contributed by atoms with Crippen LogP contribution in [0.4, 0.5) is 0 Å². The van der Waals surface area contributed by atoms with Crippen LogP contribution in [-0.4, -0.2) is 152 Å².